The third-order valence-electron chi connectivity index (χ3n) is 4.90. The highest BCUT2D eigenvalue weighted by atomic mass is 16.5. The van der Waals surface area contributed by atoms with Gasteiger partial charge in [-0.25, -0.2) is 0 Å². The molecule has 0 spiro atoms. The molecule has 0 radical (unpaired) electrons. The fourth-order valence-corrected chi connectivity index (χ4v) is 3.52. The van der Waals surface area contributed by atoms with E-state index in [0.717, 1.165) is 38.1 Å². The summed E-state index contributed by atoms with van der Waals surface area (Å²) in [6, 6.07) is 4.49. The van der Waals surface area contributed by atoms with E-state index in [2.05, 4.69) is 34.7 Å². The van der Waals surface area contributed by atoms with Crippen LogP contribution in [0.3, 0.4) is 0 Å². The van der Waals surface area contributed by atoms with E-state index < -0.39 is 0 Å². The van der Waals surface area contributed by atoms with E-state index in [4.69, 9.17) is 4.74 Å². The summed E-state index contributed by atoms with van der Waals surface area (Å²) in [7, 11) is 0. The highest BCUT2D eigenvalue weighted by molar-refractivity contribution is 5.08. The summed E-state index contributed by atoms with van der Waals surface area (Å²) in [6.07, 6.45) is 7.77. The molecule has 0 amide bonds. The number of fused-ring (bicyclic) bond motifs is 1. The van der Waals surface area contributed by atoms with Gasteiger partial charge >= 0.3 is 0 Å². The van der Waals surface area contributed by atoms with Gasteiger partial charge in [0, 0.05) is 51.3 Å². The van der Waals surface area contributed by atoms with Crippen LogP contribution in [-0.2, 0) is 17.8 Å². The lowest BCUT2D eigenvalue weighted by Crippen LogP contribution is -2.35. The molecule has 1 saturated carbocycles. The molecule has 0 aromatic carbocycles. The zero-order chi connectivity index (χ0) is 13.8. The van der Waals surface area contributed by atoms with Gasteiger partial charge in [-0.05, 0) is 50.2 Å². The minimum absolute atomic E-state index is 0.732. The van der Waals surface area contributed by atoms with E-state index in [1.54, 1.807) is 0 Å². The fourth-order valence-electron chi connectivity index (χ4n) is 3.52. The summed E-state index contributed by atoms with van der Waals surface area (Å²) >= 11 is 0. The molecular formula is C17H28N2O. The molecule has 1 aromatic rings. The zero-order valence-corrected chi connectivity index (χ0v) is 12.8. The molecule has 20 heavy (non-hydrogen) atoms. The topological polar surface area (TPSA) is 17.4 Å². The Kier molecular flexibility index (Phi) is 4.79. The van der Waals surface area contributed by atoms with Crippen molar-refractivity contribution < 1.29 is 4.74 Å². The predicted octanol–water partition coefficient (Wildman–Crippen LogP) is 3.15. The Balaban J connectivity index is 1.62. The van der Waals surface area contributed by atoms with Gasteiger partial charge in [-0.3, -0.25) is 4.90 Å². The number of hydrogen-bond donors (Lipinski definition) is 0. The van der Waals surface area contributed by atoms with Crippen molar-refractivity contribution in [3.63, 3.8) is 0 Å². The minimum atomic E-state index is 0.732. The summed E-state index contributed by atoms with van der Waals surface area (Å²) < 4.78 is 8.02. The van der Waals surface area contributed by atoms with Crippen LogP contribution in [0.5, 0.6) is 0 Å². The first-order valence-corrected chi connectivity index (χ1v) is 8.29. The summed E-state index contributed by atoms with van der Waals surface area (Å²) in [5, 5.41) is 0. The van der Waals surface area contributed by atoms with Gasteiger partial charge in [-0.1, -0.05) is 6.42 Å². The van der Waals surface area contributed by atoms with Crippen molar-refractivity contribution in [2.45, 2.75) is 45.7 Å². The van der Waals surface area contributed by atoms with Gasteiger partial charge in [0.15, 0.2) is 0 Å². The SMILES string of the molecule is CCOCC[C@@H]1CN(CC2CCC2)Cc2cccn2C1. The number of aromatic nitrogens is 1. The Morgan fingerprint density at radius 2 is 2.15 bits per heavy atom. The molecule has 3 heteroatoms. The molecule has 1 aromatic heterocycles. The quantitative estimate of drug-likeness (QED) is 0.743. The number of hydrogen-bond acceptors (Lipinski definition) is 2. The Bertz CT molecular complexity index is 411. The lowest BCUT2D eigenvalue weighted by Gasteiger charge is -2.32. The smallest absolute Gasteiger partial charge is 0.0469 e. The van der Waals surface area contributed by atoms with Crippen LogP contribution >= 0.6 is 0 Å². The van der Waals surface area contributed by atoms with E-state index in [0.29, 0.717) is 0 Å². The Morgan fingerprint density at radius 1 is 1.25 bits per heavy atom. The van der Waals surface area contributed by atoms with E-state index in [-0.39, 0.29) is 0 Å². The van der Waals surface area contributed by atoms with Gasteiger partial charge in [-0.2, -0.15) is 0 Å². The van der Waals surface area contributed by atoms with E-state index in [1.807, 2.05) is 0 Å². The molecule has 0 unspecified atom stereocenters. The number of ether oxygens (including phenoxy) is 1. The van der Waals surface area contributed by atoms with Gasteiger partial charge in [0.05, 0.1) is 0 Å². The maximum absolute atomic E-state index is 5.57. The van der Waals surface area contributed by atoms with Crippen molar-refractivity contribution in [2.24, 2.45) is 11.8 Å². The van der Waals surface area contributed by atoms with Crippen LogP contribution in [0.4, 0.5) is 0 Å². The molecule has 3 nitrogen and oxygen atoms in total. The maximum atomic E-state index is 5.57. The second-order valence-corrected chi connectivity index (χ2v) is 6.49. The third kappa shape index (κ3) is 3.44. The van der Waals surface area contributed by atoms with Crippen LogP contribution in [-0.4, -0.2) is 35.8 Å². The molecule has 1 aliphatic carbocycles. The minimum Gasteiger partial charge on any atom is -0.382 e. The van der Waals surface area contributed by atoms with Crippen molar-refractivity contribution >= 4 is 0 Å². The molecule has 0 bridgehead atoms. The van der Waals surface area contributed by atoms with Crippen LogP contribution < -0.4 is 0 Å². The fraction of sp³-hybridized carbons (Fsp3) is 0.765. The van der Waals surface area contributed by atoms with Gasteiger partial charge < -0.3 is 9.30 Å². The van der Waals surface area contributed by atoms with Crippen molar-refractivity contribution in [1.82, 2.24) is 9.47 Å². The van der Waals surface area contributed by atoms with Gasteiger partial charge in [0.1, 0.15) is 0 Å². The van der Waals surface area contributed by atoms with Crippen molar-refractivity contribution in [3.8, 4) is 0 Å². The van der Waals surface area contributed by atoms with Crippen LogP contribution in [0.25, 0.3) is 0 Å². The first kappa shape index (κ1) is 14.2. The third-order valence-corrected chi connectivity index (χ3v) is 4.90. The standard InChI is InChI=1S/C17H28N2O/c1-2-20-10-8-16-12-18(11-15-5-3-6-15)14-17-7-4-9-19(17)13-16/h4,7,9,15-16H,2-3,5-6,8,10-14H2,1H3/t16-/m1/s1. The molecule has 3 rings (SSSR count). The Hall–Kier alpha value is -0.800. The molecule has 1 fully saturated rings. The summed E-state index contributed by atoms with van der Waals surface area (Å²) in [6.45, 7) is 8.68. The van der Waals surface area contributed by atoms with Crippen molar-refractivity contribution in [2.75, 3.05) is 26.3 Å². The molecule has 0 saturated heterocycles. The average Bonchev–Trinajstić information content (AvgIpc) is 2.74. The highest BCUT2D eigenvalue weighted by Crippen LogP contribution is 2.29. The maximum Gasteiger partial charge on any atom is 0.0469 e. The second-order valence-electron chi connectivity index (χ2n) is 6.49. The average molecular weight is 276 g/mol. The lowest BCUT2D eigenvalue weighted by molar-refractivity contribution is 0.110. The van der Waals surface area contributed by atoms with Crippen LogP contribution in [0.2, 0.25) is 0 Å². The van der Waals surface area contributed by atoms with Crippen LogP contribution in [0.15, 0.2) is 18.3 Å². The molecule has 0 N–H and O–H groups in total. The molecular weight excluding hydrogens is 248 g/mol. The first-order chi connectivity index (χ1) is 9.85. The van der Waals surface area contributed by atoms with Crippen LogP contribution in [0.1, 0.15) is 38.3 Å². The largest absolute Gasteiger partial charge is 0.382 e. The zero-order valence-electron chi connectivity index (χ0n) is 12.8. The van der Waals surface area contributed by atoms with Crippen molar-refractivity contribution in [3.05, 3.63) is 24.0 Å². The molecule has 2 aliphatic rings. The van der Waals surface area contributed by atoms with Crippen LogP contribution in [0, 0.1) is 11.8 Å². The van der Waals surface area contributed by atoms with E-state index in [1.165, 1.54) is 44.5 Å². The molecule has 2 heterocycles. The summed E-state index contributed by atoms with van der Waals surface area (Å²) in [5.41, 5.74) is 1.49. The first-order valence-electron chi connectivity index (χ1n) is 8.29. The molecule has 1 atom stereocenters. The van der Waals surface area contributed by atoms with Gasteiger partial charge in [0.2, 0.25) is 0 Å². The predicted molar refractivity (Wildman–Crippen MR) is 81.7 cm³/mol. The summed E-state index contributed by atoms with van der Waals surface area (Å²) in [5.74, 6) is 1.69. The Morgan fingerprint density at radius 3 is 2.90 bits per heavy atom. The van der Waals surface area contributed by atoms with E-state index >= 15 is 0 Å². The highest BCUT2D eigenvalue weighted by Gasteiger charge is 2.25. The Labute approximate surface area is 122 Å². The number of rotatable bonds is 6. The second kappa shape index (κ2) is 6.77. The monoisotopic (exact) mass is 276 g/mol. The molecule has 1 aliphatic heterocycles. The van der Waals surface area contributed by atoms with E-state index in [9.17, 15) is 0 Å². The number of nitrogens with zero attached hydrogens (tertiary/aromatic N) is 2. The van der Waals surface area contributed by atoms with Gasteiger partial charge in [-0.15, -0.1) is 0 Å². The normalized spacial score (nSPS) is 24.1. The van der Waals surface area contributed by atoms with Crippen molar-refractivity contribution in [1.29, 1.82) is 0 Å². The molecule has 112 valence electrons. The lowest BCUT2D eigenvalue weighted by atomic mass is 9.85. The summed E-state index contributed by atoms with van der Waals surface area (Å²) in [4.78, 5) is 2.69. The van der Waals surface area contributed by atoms with Gasteiger partial charge in [0.25, 0.3) is 0 Å².